The fourth-order valence-electron chi connectivity index (χ4n) is 3.24. The van der Waals surface area contributed by atoms with Crippen LogP contribution in [-0.4, -0.2) is 24.8 Å². The maximum absolute atomic E-state index is 5.79. The Balaban J connectivity index is 1.68. The van der Waals surface area contributed by atoms with Gasteiger partial charge in [0.15, 0.2) is 0 Å². The lowest BCUT2D eigenvalue weighted by molar-refractivity contribution is 0.130. The number of pyridine rings is 1. The largest absolute Gasteiger partial charge is 0.492 e. The quantitative estimate of drug-likeness (QED) is 0.214. The van der Waals surface area contributed by atoms with Crippen molar-refractivity contribution in [2.75, 3.05) is 19.8 Å². The Morgan fingerprint density at radius 1 is 0.767 bits per heavy atom. The third-order valence-corrected chi connectivity index (χ3v) is 5.03. The third-order valence-electron chi connectivity index (χ3n) is 5.03. The second kappa shape index (κ2) is 15.7. The molecule has 0 fully saturated rings. The van der Waals surface area contributed by atoms with Crippen LogP contribution >= 0.6 is 0 Å². The molecule has 0 aliphatic rings. The average Bonchev–Trinajstić information content (AvgIpc) is 2.79. The van der Waals surface area contributed by atoms with E-state index in [0.29, 0.717) is 6.61 Å². The second-order valence-corrected chi connectivity index (χ2v) is 7.75. The molecule has 0 saturated heterocycles. The van der Waals surface area contributed by atoms with Crippen molar-refractivity contribution < 1.29 is 9.47 Å². The second-order valence-electron chi connectivity index (χ2n) is 7.75. The molecule has 1 heterocycles. The van der Waals surface area contributed by atoms with Gasteiger partial charge in [-0.25, -0.2) is 0 Å². The lowest BCUT2D eigenvalue weighted by Gasteiger charge is -2.07. The van der Waals surface area contributed by atoms with Crippen LogP contribution in [0, 0.1) is 0 Å². The van der Waals surface area contributed by atoms with Gasteiger partial charge in [-0.05, 0) is 56.2 Å². The zero-order valence-electron chi connectivity index (χ0n) is 18.9. The first-order valence-corrected chi connectivity index (χ1v) is 11.7. The molecule has 30 heavy (non-hydrogen) atoms. The van der Waals surface area contributed by atoms with Crippen molar-refractivity contribution >= 4 is 0 Å². The van der Waals surface area contributed by atoms with Gasteiger partial charge in [0.05, 0.1) is 18.5 Å². The summed E-state index contributed by atoms with van der Waals surface area (Å²) in [5, 5.41) is 0. The number of nitrogens with zero attached hydrogens (tertiary/aromatic N) is 1. The molecule has 0 unspecified atom stereocenters. The van der Waals surface area contributed by atoms with Crippen molar-refractivity contribution in [3.8, 4) is 17.0 Å². The number of ether oxygens (including phenoxy) is 2. The molecule has 0 aliphatic heterocycles. The maximum atomic E-state index is 5.79. The Hall–Kier alpha value is -2.13. The van der Waals surface area contributed by atoms with Crippen LogP contribution in [0.4, 0.5) is 0 Å². The van der Waals surface area contributed by atoms with E-state index in [1.807, 2.05) is 18.3 Å². The van der Waals surface area contributed by atoms with Gasteiger partial charge >= 0.3 is 0 Å². The number of benzene rings is 1. The zero-order chi connectivity index (χ0) is 21.3. The molecule has 0 N–H and O–H groups in total. The first-order valence-electron chi connectivity index (χ1n) is 11.7. The van der Waals surface area contributed by atoms with Gasteiger partial charge in [-0.15, -0.1) is 0 Å². The Morgan fingerprint density at radius 2 is 1.60 bits per heavy atom. The smallest absolute Gasteiger partial charge is 0.137 e. The summed E-state index contributed by atoms with van der Waals surface area (Å²) >= 11 is 0. The molecule has 0 radical (unpaired) electrons. The topological polar surface area (TPSA) is 31.4 Å². The lowest BCUT2D eigenvalue weighted by atomic mass is 10.0. The predicted molar refractivity (Wildman–Crippen MR) is 127 cm³/mol. The van der Waals surface area contributed by atoms with E-state index >= 15 is 0 Å². The average molecular weight is 410 g/mol. The highest BCUT2D eigenvalue weighted by Crippen LogP contribution is 2.21. The molecule has 0 saturated carbocycles. The fraction of sp³-hybridized carbons (Fsp3) is 0.519. The molecule has 0 bridgehead atoms. The Kier molecular flexibility index (Phi) is 12.6. The van der Waals surface area contributed by atoms with Gasteiger partial charge in [-0.3, -0.25) is 4.98 Å². The standard InChI is InChI=1S/C27H39NO2/c1-3-5-6-7-8-12-22-30-26-18-19-27(28-23-26)25-16-14-24(15-17-25)13-10-9-11-21-29-20-4-2/h7-8,14-19,23H,3-6,9-13,20-22H2,1-2H3/b8-7-. The highest BCUT2D eigenvalue weighted by atomic mass is 16.5. The minimum Gasteiger partial charge on any atom is -0.492 e. The van der Waals surface area contributed by atoms with Crippen LogP contribution in [0.3, 0.4) is 0 Å². The van der Waals surface area contributed by atoms with Crippen molar-refractivity contribution in [2.45, 2.75) is 71.6 Å². The molecule has 0 atom stereocenters. The van der Waals surface area contributed by atoms with Crippen molar-refractivity contribution in [3.05, 3.63) is 60.3 Å². The van der Waals surface area contributed by atoms with Crippen molar-refractivity contribution in [1.82, 2.24) is 4.98 Å². The summed E-state index contributed by atoms with van der Waals surface area (Å²) in [6, 6.07) is 12.8. The van der Waals surface area contributed by atoms with E-state index in [4.69, 9.17) is 9.47 Å². The number of aryl methyl sites for hydroxylation is 1. The van der Waals surface area contributed by atoms with Crippen LogP contribution < -0.4 is 4.74 Å². The van der Waals surface area contributed by atoms with Crippen molar-refractivity contribution in [1.29, 1.82) is 0 Å². The molecular formula is C27H39NO2. The van der Waals surface area contributed by atoms with Gasteiger partial charge in [0.2, 0.25) is 0 Å². The molecule has 1 aromatic carbocycles. The Bertz CT molecular complexity index is 692. The zero-order valence-corrected chi connectivity index (χ0v) is 18.9. The minimum atomic E-state index is 0.697. The molecule has 1 aromatic heterocycles. The molecule has 2 rings (SSSR count). The number of hydrogen-bond acceptors (Lipinski definition) is 3. The van der Waals surface area contributed by atoms with Gasteiger partial charge < -0.3 is 9.47 Å². The molecule has 0 aliphatic carbocycles. The SMILES string of the molecule is CCCC/C=C\CCOc1ccc(-c2ccc(CCCCCOCCC)cc2)nc1. The highest BCUT2D eigenvalue weighted by molar-refractivity contribution is 5.59. The summed E-state index contributed by atoms with van der Waals surface area (Å²) in [5.41, 5.74) is 3.53. The Labute approximate surface area is 183 Å². The molecule has 3 heteroatoms. The normalized spacial score (nSPS) is 11.3. The minimum absolute atomic E-state index is 0.697. The monoisotopic (exact) mass is 409 g/mol. The molecule has 0 spiro atoms. The van der Waals surface area contributed by atoms with Crippen LogP contribution in [0.15, 0.2) is 54.7 Å². The summed E-state index contributed by atoms with van der Waals surface area (Å²) in [7, 11) is 0. The van der Waals surface area contributed by atoms with Gasteiger partial charge in [0, 0.05) is 18.8 Å². The molecule has 2 aromatic rings. The number of aromatic nitrogens is 1. The van der Waals surface area contributed by atoms with Crippen molar-refractivity contribution in [2.24, 2.45) is 0 Å². The van der Waals surface area contributed by atoms with E-state index in [-0.39, 0.29) is 0 Å². The van der Waals surface area contributed by atoms with Crippen LogP contribution in [0.1, 0.15) is 70.8 Å². The first-order chi connectivity index (χ1) is 14.8. The van der Waals surface area contributed by atoms with E-state index < -0.39 is 0 Å². The van der Waals surface area contributed by atoms with Crippen LogP contribution in [0.2, 0.25) is 0 Å². The van der Waals surface area contributed by atoms with Crippen LogP contribution in [-0.2, 0) is 11.2 Å². The van der Waals surface area contributed by atoms with Crippen molar-refractivity contribution in [3.63, 3.8) is 0 Å². The molecule has 0 amide bonds. The molecule has 3 nitrogen and oxygen atoms in total. The maximum Gasteiger partial charge on any atom is 0.137 e. The lowest BCUT2D eigenvalue weighted by Crippen LogP contribution is -1.96. The van der Waals surface area contributed by atoms with Crippen LogP contribution in [0.25, 0.3) is 11.3 Å². The van der Waals surface area contributed by atoms with Gasteiger partial charge in [0.25, 0.3) is 0 Å². The number of rotatable bonds is 16. The molecular weight excluding hydrogens is 370 g/mol. The summed E-state index contributed by atoms with van der Waals surface area (Å²) in [6.45, 7) is 6.85. The summed E-state index contributed by atoms with van der Waals surface area (Å²) in [6.07, 6.45) is 16.7. The van der Waals surface area contributed by atoms with Gasteiger partial charge in [-0.1, -0.05) is 69.5 Å². The predicted octanol–water partition coefficient (Wildman–Crippen LogP) is 7.40. The van der Waals surface area contributed by atoms with E-state index in [2.05, 4.69) is 55.2 Å². The van der Waals surface area contributed by atoms with Gasteiger partial charge in [-0.2, -0.15) is 0 Å². The van der Waals surface area contributed by atoms with E-state index in [1.165, 1.54) is 37.7 Å². The Morgan fingerprint density at radius 3 is 2.33 bits per heavy atom. The third kappa shape index (κ3) is 10.1. The van der Waals surface area contributed by atoms with Crippen LogP contribution in [0.5, 0.6) is 5.75 Å². The highest BCUT2D eigenvalue weighted by Gasteiger charge is 2.02. The summed E-state index contributed by atoms with van der Waals surface area (Å²) < 4.78 is 11.3. The van der Waals surface area contributed by atoms with E-state index in [1.54, 1.807) is 0 Å². The number of allylic oxidation sites excluding steroid dienone is 1. The van der Waals surface area contributed by atoms with E-state index in [9.17, 15) is 0 Å². The first kappa shape index (κ1) is 24.1. The fourth-order valence-corrected chi connectivity index (χ4v) is 3.24. The summed E-state index contributed by atoms with van der Waals surface area (Å²) in [4.78, 5) is 4.57. The number of hydrogen-bond donors (Lipinski definition) is 0. The van der Waals surface area contributed by atoms with Gasteiger partial charge in [0.1, 0.15) is 5.75 Å². The number of unbranched alkanes of at least 4 members (excludes halogenated alkanes) is 4. The molecule has 164 valence electrons. The summed E-state index contributed by atoms with van der Waals surface area (Å²) in [5.74, 6) is 0.834. The van der Waals surface area contributed by atoms with E-state index in [0.717, 1.165) is 55.9 Å².